The molecular weight excluding hydrogens is 299 g/mol. The maximum absolute atomic E-state index is 6.27. The number of halogens is 2. The number of rotatable bonds is 2. The van der Waals surface area contributed by atoms with Crippen LogP contribution in [0.15, 0.2) is 18.2 Å². The van der Waals surface area contributed by atoms with Crippen LogP contribution in [0.2, 0.25) is 10.0 Å². The fourth-order valence-corrected chi connectivity index (χ4v) is 2.64. The van der Waals surface area contributed by atoms with Gasteiger partial charge in [0.05, 0.1) is 5.69 Å². The molecule has 1 saturated carbocycles. The van der Waals surface area contributed by atoms with E-state index in [1.807, 2.05) is 13.0 Å². The molecule has 0 atom stereocenters. The van der Waals surface area contributed by atoms with Crippen molar-refractivity contribution in [2.75, 3.05) is 0 Å². The van der Waals surface area contributed by atoms with E-state index in [1.54, 1.807) is 12.1 Å². The van der Waals surface area contributed by atoms with Crippen LogP contribution in [0.4, 0.5) is 0 Å². The summed E-state index contributed by atoms with van der Waals surface area (Å²) in [6, 6.07) is 5.43. The Hall–Kier alpha value is -0.900. The number of nitrogens with one attached hydrogen (secondary N) is 1. The Morgan fingerprint density at radius 1 is 1.32 bits per heavy atom. The van der Waals surface area contributed by atoms with Gasteiger partial charge in [-0.2, -0.15) is 0 Å². The van der Waals surface area contributed by atoms with E-state index in [0.29, 0.717) is 20.6 Å². The SMILES string of the molecule is Cc1c(-c2cc(Cl)ccc2Cl)[nH]c(C2CC2)nc1=S. The van der Waals surface area contributed by atoms with Crippen molar-refractivity contribution in [3.05, 3.63) is 44.3 Å². The molecule has 0 unspecified atom stereocenters. The van der Waals surface area contributed by atoms with Crippen molar-refractivity contribution in [3.8, 4) is 11.3 Å². The van der Waals surface area contributed by atoms with Crippen LogP contribution in [-0.4, -0.2) is 9.97 Å². The van der Waals surface area contributed by atoms with Crippen LogP contribution in [0.3, 0.4) is 0 Å². The molecule has 0 radical (unpaired) electrons. The van der Waals surface area contributed by atoms with Gasteiger partial charge < -0.3 is 4.98 Å². The third-order valence-corrected chi connectivity index (χ3v) is 4.29. The number of nitrogens with zero attached hydrogens (tertiary/aromatic N) is 1. The minimum Gasteiger partial charge on any atom is -0.343 e. The van der Waals surface area contributed by atoms with Crippen LogP contribution in [0.5, 0.6) is 0 Å². The van der Waals surface area contributed by atoms with Crippen LogP contribution in [0.1, 0.15) is 30.1 Å². The zero-order valence-corrected chi connectivity index (χ0v) is 12.7. The van der Waals surface area contributed by atoms with Gasteiger partial charge in [0, 0.05) is 27.1 Å². The normalized spacial score (nSPS) is 14.7. The summed E-state index contributed by atoms with van der Waals surface area (Å²) in [4.78, 5) is 7.84. The lowest BCUT2D eigenvalue weighted by atomic mass is 10.1. The van der Waals surface area contributed by atoms with Gasteiger partial charge >= 0.3 is 0 Å². The lowest BCUT2D eigenvalue weighted by molar-refractivity contribution is 0.914. The molecule has 0 bridgehead atoms. The molecule has 0 spiro atoms. The van der Waals surface area contributed by atoms with Gasteiger partial charge in [0.1, 0.15) is 10.5 Å². The molecule has 98 valence electrons. The lowest BCUT2D eigenvalue weighted by Gasteiger charge is -2.11. The fraction of sp³-hybridized carbons (Fsp3) is 0.286. The summed E-state index contributed by atoms with van der Waals surface area (Å²) in [5.41, 5.74) is 2.74. The maximum atomic E-state index is 6.27. The van der Waals surface area contributed by atoms with Crippen LogP contribution in [-0.2, 0) is 0 Å². The van der Waals surface area contributed by atoms with Gasteiger partial charge in [0.2, 0.25) is 0 Å². The Bertz CT molecular complexity index is 705. The van der Waals surface area contributed by atoms with E-state index < -0.39 is 0 Å². The Labute approximate surface area is 126 Å². The summed E-state index contributed by atoms with van der Waals surface area (Å²) in [7, 11) is 0. The van der Waals surface area contributed by atoms with E-state index >= 15 is 0 Å². The van der Waals surface area contributed by atoms with Crippen molar-refractivity contribution in [2.24, 2.45) is 0 Å². The summed E-state index contributed by atoms with van der Waals surface area (Å²) >= 11 is 17.7. The molecule has 1 N–H and O–H groups in total. The van der Waals surface area contributed by atoms with E-state index in [2.05, 4.69) is 9.97 Å². The smallest absolute Gasteiger partial charge is 0.133 e. The molecule has 0 amide bonds. The third-order valence-electron chi connectivity index (χ3n) is 3.33. The summed E-state index contributed by atoms with van der Waals surface area (Å²) < 4.78 is 0.631. The third kappa shape index (κ3) is 2.55. The van der Waals surface area contributed by atoms with Crippen molar-refractivity contribution >= 4 is 35.4 Å². The average Bonchev–Trinajstić information content (AvgIpc) is 3.20. The second-order valence-corrected chi connectivity index (χ2v) is 6.06. The highest BCUT2D eigenvalue weighted by Gasteiger charge is 2.27. The molecule has 3 rings (SSSR count). The molecule has 2 nitrogen and oxygen atoms in total. The Morgan fingerprint density at radius 3 is 2.74 bits per heavy atom. The van der Waals surface area contributed by atoms with Gasteiger partial charge in [0.25, 0.3) is 0 Å². The first-order chi connectivity index (χ1) is 9.06. The fourth-order valence-electron chi connectivity index (χ4n) is 2.06. The number of H-pyrrole nitrogens is 1. The summed E-state index contributed by atoms with van der Waals surface area (Å²) in [6.45, 7) is 1.95. The molecule has 1 aromatic heterocycles. The average molecular weight is 311 g/mol. The van der Waals surface area contributed by atoms with E-state index in [-0.39, 0.29) is 0 Å². The molecule has 1 aliphatic carbocycles. The van der Waals surface area contributed by atoms with Crippen LogP contribution in [0.25, 0.3) is 11.3 Å². The van der Waals surface area contributed by atoms with E-state index in [4.69, 9.17) is 35.4 Å². The van der Waals surface area contributed by atoms with Gasteiger partial charge in [-0.1, -0.05) is 35.4 Å². The van der Waals surface area contributed by atoms with Crippen molar-refractivity contribution in [2.45, 2.75) is 25.7 Å². The number of hydrogen-bond acceptors (Lipinski definition) is 2. The molecule has 0 saturated heterocycles. The maximum Gasteiger partial charge on any atom is 0.133 e. The molecule has 1 heterocycles. The quantitative estimate of drug-likeness (QED) is 0.763. The summed E-state index contributed by atoms with van der Waals surface area (Å²) in [6.07, 6.45) is 2.34. The topological polar surface area (TPSA) is 28.7 Å². The lowest BCUT2D eigenvalue weighted by Crippen LogP contribution is -1.99. The zero-order valence-electron chi connectivity index (χ0n) is 10.3. The highest BCUT2D eigenvalue weighted by atomic mass is 35.5. The molecule has 19 heavy (non-hydrogen) atoms. The summed E-state index contributed by atoms with van der Waals surface area (Å²) in [5, 5.41) is 1.31. The first-order valence-electron chi connectivity index (χ1n) is 6.12. The van der Waals surface area contributed by atoms with Gasteiger partial charge in [-0.25, -0.2) is 4.98 Å². The number of aromatic nitrogens is 2. The van der Waals surface area contributed by atoms with Crippen molar-refractivity contribution < 1.29 is 0 Å². The molecule has 1 aliphatic rings. The molecular formula is C14H12Cl2N2S. The standard InChI is InChI=1S/C14H12Cl2N2S/c1-7-12(10-6-9(15)4-5-11(10)16)17-13(8-2-3-8)18-14(7)19/h4-6,8H,2-3H2,1H3,(H,17,18,19). The first kappa shape index (κ1) is 13.1. The Kier molecular flexibility index (Phi) is 3.37. The van der Waals surface area contributed by atoms with E-state index in [9.17, 15) is 0 Å². The van der Waals surface area contributed by atoms with Crippen LogP contribution in [0, 0.1) is 11.6 Å². The van der Waals surface area contributed by atoms with Crippen molar-refractivity contribution in [1.82, 2.24) is 9.97 Å². The highest BCUT2D eigenvalue weighted by Crippen LogP contribution is 2.40. The predicted octanol–water partition coefficient (Wildman–Crippen LogP) is 5.30. The molecule has 1 aromatic carbocycles. The monoisotopic (exact) mass is 310 g/mol. The minimum atomic E-state index is 0.513. The number of benzene rings is 1. The van der Waals surface area contributed by atoms with Gasteiger partial charge in [-0.15, -0.1) is 0 Å². The first-order valence-corrected chi connectivity index (χ1v) is 7.29. The minimum absolute atomic E-state index is 0.513. The Balaban J connectivity index is 2.23. The molecule has 2 aromatic rings. The molecule has 5 heteroatoms. The van der Waals surface area contributed by atoms with Crippen LogP contribution >= 0.6 is 35.4 Å². The molecule has 1 fully saturated rings. The summed E-state index contributed by atoms with van der Waals surface area (Å²) in [5.74, 6) is 1.47. The Morgan fingerprint density at radius 2 is 2.05 bits per heavy atom. The van der Waals surface area contributed by atoms with Gasteiger partial charge in [0.15, 0.2) is 0 Å². The zero-order chi connectivity index (χ0) is 13.6. The van der Waals surface area contributed by atoms with E-state index in [1.165, 1.54) is 12.8 Å². The van der Waals surface area contributed by atoms with E-state index in [0.717, 1.165) is 22.6 Å². The van der Waals surface area contributed by atoms with Crippen molar-refractivity contribution in [3.63, 3.8) is 0 Å². The molecule has 0 aliphatic heterocycles. The predicted molar refractivity (Wildman–Crippen MR) is 81.6 cm³/mol. The second kappa shape index (κ2) is 4.89. The van der Waals surface area contributed by atoms with Gasteiger partial charge in [-0.3, -0.25) is 0 Å². The number of aromatic amines is 1. The second-order valence-electron chi connectivity index (χ2n) is 4.83. The van der Waals surface area contributed by atoms with Crippen molar-refractivity contribution in [1.29, 1.82) is 0 Å². The number of hydrogen-bond donors (Lipinski definition) is 1. The van der Waals surface area contributed by atoms with Gasteiger partial charge in [-0.05, 0) is 38.0 Å². The van der Waals surface area contributed by atoms with Crippen LogP contribution < -0.4 is 0 Å². The highest BCUT2D eigenvalue weighted by molar-refractivity contribution is 7.71. The largest absolute Gasteiger partial charge is 0.343 e.